The molecule has 0 bridgehead atoms. The van der Waals surface area contributed by atoms with Crippen molar-refractivity contribution in [2.45, 2.75) is 55.8 Å². The van der Waals surface area contributed by atoms with Crippen molar-refractivity contribution in [2.24, 2.45) is 5.92 Å². The Balaban J connectivity index is 1.20. The smallest absolute Gasteiger partial charge is 0.256 e. The number of nitrogens with zero attached hydrogens (tertiary/aromatic N) is 2. The minimum atomic E-state index is -1.41. The molecule has 2 aromatic rings. The molecular formula is C28H32N2O3. The topological polar surface area (TPSA) is 64.0 Å². The Bertz CT molecular complexity index is 1130. The molecule has 0 radical (unpaired) electrons. The summed E-state index contributed by atoms with van der Waals surface area (Å²) in [5.74, 6) is -0.389. The highest BCUT2D eigenvalue weighted by Gasteiger charge is 2.58. The third-order valence-electron chi connectivity index (χ3n) is 8.43. The van der Waals surface area contributed by atoms with Crippen LogP contribution < -0.4 is 0 Å². The van der Waals surface area contributed by atoms with Gasteiger partial charge in [0.05, 0.1) is 6.04 Å². The van der Waals surface area contributed by atoms with E-state index in [1.54, 1.807) is 0 Å². The van der Waals surface area contributed by atoms with Crippen molar-refractivity contribution >= 4 is 16.7 Å². The number of rotatable bonds is 5. The molecule has 4 atom stereocenters. The van der Waals surface area contributed by atoms with Crippen LogP contribution in [0.5, 0.6) is 0 Å². The number of amides is 1. The van der Waals surface area contributed by atoms with Crippen LogP contribution in [-0.4, -0.2) is 63.3 Å². The van der Waals surface area contributed by atoms with Crippen LogP contribution in [-0.2, 0) is 11.2 Å². The van der Waals surface area contributed by atoms with Crippen LogP contribution in [0.1, 0.15) is 42.9 Å². The molecule has 2 aromatic carbocycles. The first kappa shape index (κ1) is 21.1. The molecule has 6 rings (SSSR count). The van der Waals surface area contributed by atoms with Crippen molar-refractivity contribution in [3.05, 3.63) is 71.8 Å². The van der Waals surface area contributed by atoms with Gasteiger partial charge in [0, 0.05) is 37.7 Å². The average Bonchev–Trinajstić information content (AvgIpc) is 3.33. The van der Waals surface area contributed by atoms with Gasteiger partial charge in [-0.1, -0.05) is 60.7 Å². The Morgan fingerprint density at radius 2 is 1.79 bits per heavy atom. The van der Waals surface area contributed by atoms with Crippen LogP contribution in [0, 0.1) is 5.92 Å². The number of likely N-dealkylation sites (tertiary alicyclic amines) is 2. The summed E-state index contributed by atoms with van der Waals surface area (Å²) in [7, 11) is 0. The number of aliphatic hydroxyl groups is 2. The van der Waals surface area contributed by atoms with Crippen LogP contribution in [0.25, 0.3) is 10.8 Å². The zero-order valence-electron chi connectivity index (χ0n) is 18.9. The van der Waals surface area contributed by atoms with E-state index in [4.69, 9.17) is 0 Å². The number of hydrogen-bond acceptors (Lipinski definition) is 4. The number of carbonyl (C=O) groups is 1. The molecule has 5 nitrogen and oxygen atoms in total. The summed E-state index contributed by atoms with van der Waals surface area (Å²) in [6, 6.07) is 13.7. The second kappa shape index (κ2) is 8.08. The number of aliphatic hydroxyl groups excluding tert-OH is 1. The van der Waals surface area contributed by atoms with E-state index in [0.717, 1.165) is 32.4 Å². The van der Waals surface area contributed by atoms with E-state index in [2.05, 4.69) is 47.4 Å². The largest absolute Gasteiger partial charge is 0.396 e. The quantitative estimate of drug-likeness (QED) is 0.742. The molecule has 1 amide bonds. The highest BCUT2D eigenvalue weighted by molar-refractivity contribution is 5.91. The fraction of sp³-hybridized carbons (Fsp3) is 0.464. The van der Waals surface area contributed by atoms with Crippen LogP contribution in [0.15, 0.2) is 60.7 Å². The van der Waals surface area contributed by atoms with Crippen LogP contribution in [0.3, 0.4) is 0 Å². The van der Waals surface area contributed by atoms with E-state index in [9.17, 15) is 15.0 Å². The van der Waals surface area contributed by atoms with E-state index >= 15 is 0 Å². The molecule has 4 aliphatic rings. The van der Waals surface area contributed by atoms with Crippen molar-refractivity contribution in [3.8, 4) is 0 Å². The Hall–Kier alpha value is -2.47. The molecule has 2 fully saturated rings. The Morgan fingerprint density at radius 3 is 2.58 bits per heavy atom. The summed E-state index contributed by atoms with van der Waals surface area (Å²) in [5.41, 5.74) is 1.48. The fourth-order valence-electron chi connectivity index (χ4n) is 6.85. The lowest BCUT2D eigenvalue weighted by Gasteiger charge is -2.41. The van der Waals surface area contributed by atoms with Gasteiger partial charge in [0.2, 0.25) is 0 Å². The average molecular weight is 445 g/mol. The van der Waals surface area contributed by atoms with Crippen LogP contribution in [0.4, 0.5) is 0 Å². The molecule has 2 heterocycles. The molecule has 2 saturated heterocycles. The zero-order valence-corrected chi connectivity index (χ0v) is 18.9. The molecule has 2 N–H and O–H groups in total. The monoisotopic (exact) mass is 444 g/mol. The number of fused-ring (bicyclic) bond motifs is 1. The van der Waals surface area contributed by atoms with Gasteiger partial charge in [0.1, 0.15) is 0 Å². The number of hydrogen-bond donors (Lipinski definition) is 2. The lowest BCUT2D eigenvalue weighted by atomic mass is 9.80. The molecule has 2 aliphatic heterocycles. The minimum absolute atomic E-state index is 0.0125. The highest BCUT2D eigenvalue weighted by atomic mass is 16.3. The zero-order chi connectivity index (χ0) is 22.6. The molecule has 0 aromatic heterocycles. The molecule has 33 heavy (non-hydrogen) atoms. The Labute approximate surface area is 195 Å². The third kappa shape index (κ3) is 3.21. The lowest BCUT2D eigenvalue weighted by Crippen LogP contribution is -2.51. The summed E-state index contributed by atoms with van der Waals surface area (Å²) in [4.78, 5) is 18.1. The molecule has 2 aliphatic carbocycles. The van der Waals surface area contributed by atoms with Gasteiger partial charge in [-0.05, 0) is 54.0 Å². The van der Waals surface area contributed by atoms with Crippen molar-refractivity contribution in [2.75, 3.05) is 19.7 Å². The van der Waals surface area contributed by atoms with E-state index in [1.807, 2.05) is 23.1 Å². The molecule has 172 valence electrons. The van der Waals surface area contributed by atoms with Gasteiger partial charge in [-0.2, -0.15) is 0 Å². The molecule has 5 heteroatoms. The fourth-order valence-corrected chi connectivity index (χ4v) is 6.85. The van der Waals surface area contributed by atoms with Crippen molar-refractivity contribution in [3.63, 3.8) is 0 Å². The van der Waals surface area contributed by atoms with Crippen LogP contribution >= 0.6 is 0 Å². The summed E-state index contributed by atoms with van der Waals surface area (Å²) in [5, 5.41) is 23.5. The van der Waals surface area contributed by atoms with Crippen molar-refractivity contribution in [1.82, 2.24) is 9.80 Å². The number of carbonyl (C=O) groups excluding carboxylic acids is 1. The Morgan fingerprint density at radius 1 is 1.03 bits per heavy atom. The molecule has 0 saturated carbocycles. The second-order valence-corrected chi connectivity index (χ2v) is 10.1. The number of allylic oxidation sites excluding steroid dienone is 2. The van der Waals surface area contributed by atoms with E-state index < -0.39 is 5.60 Å². The van der Waals surface area contributed by atoms with Gasteiger partial charge >= 0.3 is 0 Å². The summed E-state index contributed by atoms with van der Waals surface area (Å²) in [6.45, 7) is 1.90. The minimum Gasteiger partial charge on any atom is -0.396 e. The standard InChI is InChI=1S/C28H32N2O3/c31-17-5-14-28(33)23-10-1-2-11-24(23)30(27(28)32)21-12-15-29(16-13-21)25-18-20-8-3-6-19-7-4-9-22(25)26(19)20/h1-4,6-11,21,23-25,31,33H,5,12-18H2. The van der Waals surface area contributed by atoms with Gasteiger partial charge in [0.15, 0.2) is 5.60 Å². The van der Waals surface area contributed by atoms with E-state index in [1.165, 1.54) is 21.9 Å². The SMILES string of the molecule is O=C1N(C2CCN(C3Cc4cccc5cccc3c45)CC2)C2C=CC=CC2C1(O)CCCO. The number of benzene rings is 2. The van der Waals surface area contributed by atoms with E-state index in [0.29, 0.717) is 18.9 Å². The summed E-state index contributed by atoms with van der Waals surface area (Å²) >= 11 is 0. The maximum atomic E-state index is 13.5. The maximum absolute atomic E-state index is 13.5. The first-order valence-electron chi connectivity index (χ1n) is 12.4. The first-order chi connectivity index (χ1) is 16.1. The molecule has 0 spiro atoms. The highest BCUT2D eigenvalue weighted by Crippen LogP contribution is 2.45. The van der Waals surface area contributed by atoms with Gasteiger partial charge in [-0.15, -0.1) is 0 Å². The maximum Gasteiger partial charge on any atom is 0.256 e. The predicted octanol–water partition coefficient (Wildman–Crippen LogP) is 3.36. The predicted molar refractivity (Wildman–Crippen MR) is 129 cm³/mol. The number of piperidine rings is 1. The van der Waals surface area contributed by atoms with E-state index in [-0.39, 0.29) is 30.5 Å². The summed E-state index contributed by atoms with van der Waals surface area (Å²) in [6.07, 6.45) is 11.6. The molecular weight excluding hydrogens is 412 g/mol. The van der Waals surface area contributed by atoms with Gasteiger partial charge in [-0.3, -0.25) is 9.69 Å². The second-order valence-electron chi connectivity index (χ2n) is 10.1. The van der Waals surface area contributed by atoms with Crippen molar-refractivity contribution < 1.29 is 15.0 Å². The first-order valence-corrected chi connectivity index (χ1v) is 12.4. The third-order valence-corrected chi connectivity index (χ3v) is 8.43. The van der Waals surface area contributed by atoms with Gasteiger partial charge in [0.25, 0.3) is 5.91 Å². The normalized spacial score (nSPS) is 31.6. The summed E-state index contributed by atoms with van der Waals surface area (Å²) < 4.78 is 0. The van der Waals surface area contributed by atoms with Gasteiger partial charge in [-0.25, -0.2) is 0 Å². The molecule has 4 unspecified atom stereocenters. The lowest BCUT2D eigenvalue weighted by molar-refractivity contribution is -0.148. The van der Waals surface area contributed by atoms with Gasteiger partial charge < -0.3 is 15.1 Å². The van der Waals surface area contributed by atoms with Crippen molar-refractivity contribution in [1.29, 1.82) is 0 Å². The Kier molecular flexibility index (Phi) is 5.17. The van der Waals surface area contributed by atoms with Crippen LogP contribution in [0.2, 0.25) is 0 Å².